The van der Waals surface area contributed by atoms with Gasteiger partial charge in [-0.2, -0.15) is 0 Å². The fourth-order valence-electron chi connectivity index (χ4n) is 2.53. The molecule has 0 bridgehead atoms. The molecule has 0 aliphatic rings. The van der Waals surface area contributed by atoms with Crippen molar-refractivity contribution in [3.63, 3.8) is 0 Å². The molecule has 1 amide bonds. The van der Waals surface area contributed by atoms with Gasteiger partial charge in [-0.1, -0.05) is 45.0 Å². The van der Waals surface area contributed by atoms with Crippen molar-refractivity contribution in [2.45, 2.75) is 26.2 Å². The van der Waals surface area contributed by atoms with Crippen LogP contribution in [-0.4, -0.2) is 16.0 Å². The highest BCUT2D eigenvalue weighted by Gasteiger charge is 2.15. The van der Waals surface area contributed by atoms with Gasteiger partial charge in [0.05, 0.1) is 11.7 Å². The molecule has 0 atom stereocenters. The van der Waals surface area contributed by atoms with E-state index in [2.05, 4.69) is 31.1 Å². The largest absolute Gasteiger partial charge is 0.505 e. The molecule has 3 rings (SSSR count). The number of nitrogens with zero attached hydrogens (tertiary/aromatic N) is 1. The molecule has 0 saturated heterocycles. The van der Waals surface area contributed by atoms with E-state index in [4.69, 9.17) is 0 Å². The normalized spacial score (nSPS) is 11.5. The number of carbonyl (C=O) groups excluding carboxylic acids is 1. The third kappa shape index (κ3) is 3.08. The van der Waals surface area contributed by atoms with Crippen LogP contribution >= 0.6 is 0 Å². The molecule has 2 N–H and O–H groups in total. The molecule has 1 heterocycles. The molecule has 4 nitrogen and oxygen atoms in total. The first-order chi connectivity index (χ1) is 11.4. The molecule has 0 radical (unpaired) electrons. The zero-order valence-electron chi connectivity index (χ0n) is 14.0. The van der Waals surface area contributed by atoms with E-state index >= 15 is 0 Å². The number of hydrogen-bond donors (Lipinski definition) is 2. The average Bonchev–Trinajstić information content (AvgIpc) is 2.57. The van der Waals surface area contributed by atoms with Crippen LogP contribution in [0.15, 0.2) is 54.7 Å². The van der Waals surface area contributed by atoms with Crippen molar-refractivity contribution in [1.82, 2.24) is 4.98 Å². The van der Waals surface area contributed by atoms with Crippen molar-refractivity contribution < 1.29 is 9.90 Å². The summed E-state index contributed by atoms with van der Waals surface area (Å²) in [7, 11) is 0. The number of fused-ring (bicyclic) bond motifs is 1. The summed E-state index contributed by atoms with van der Waals surface area (Å²) >= 11 is 0. The number of anilines is 1. The standard InChI is InChI=1S/C20H20N2O2/c1-20(2,3)14-10-8-13(9-11-14)19(24)22-17-12-21-16-7-5-4-6-15(16)18(17)23/h4-12H,1-3H3,(H,21,23)(H,22,24). The van der Waals surface area contributed by atoms with Gasteiger partial charge in [-0.15, -0.1) is 0 Å². The quantitative estimate of drug-likeness (QED) is 0.731. The predicted octanol–water partition coefficient (Wildman–Crippen LogP) is 4.49. The summed E-state index contributed by atoms with van der Waals surface area (Å²) in [6.07, 6.45) is 1.47. The van der Waals surface area contributed by atoms with Gasteiger partial charge < -0.3 is 10.4 Å². The molecule has 122 valence electrons. The van der Waals surface area contributed by atoms with Gasteiger partial charge in [-0.05, 0) is 35.2 Å². The molecule has 0 saturated carbocycles. The van der Waals surface area contributed by atoms with Gasteiger partial charge in [0, 0.05) is 10.9 Å². The van der Waals surface area contributed by atoms with Gasteiger partial charge in [0.15, 0.2) is 0 Å². The van der Waals surface area contributed by atoms with E-state index in [1.165, 1.54) is 6.20 Å². The van der Waals surface area contributed by atoms with Crippen LogP contribution < -0.4 is 5.32 Å². The van der Waals surface area contributed by atoms with Crippen molar-refractivity contribution >= 4 is 22.5 Å². The van der Waals surface area contributed by atoms with Crippen LogP contribution in [0.3, 0.4) is 0 Å². The lowest BCUT2D eigenvalue weighted by molar-refractivity contribution is 0.102. The summed E-state index contributed by atoms with van der Waals surface area (Å²) in [5.74, 6) is -0.247. The van der Waals surface area contributed by atoms with Crippen LogP contribution in [0.5, 0.6) is 5.75 Å². The predicted molar refractivity (Wildman–Crippen MR) is 96.5 cm³/mol. The molecule has 0 unspecified atom stereocenters. The first-order valence-electron chi connectivity index (χ1n) is 7.85. The van der Waals surface area contributed by atoms with Crippen LogP contribution in [0.25, 0.3) is 10.9 Å². The fourth-order valence-corrected chi connectivity index (χ4v) is 2.53. The smallest absolute Gasteiger partial charge is 0.255 e. The Morgan fingerprint density at radius 2 is 1.71 bits per heavy atom. The number of benzene rings is 2. The topological polar surface area (TPSA) is 62.2 Å². The van der Waals surface area contributed by atoms with Gasteiger partial charge in [-0.25, -0.2) is 0 Å². The molecule has 0 fully saturated rings. The zero-order valence-corrected chi connectivity index (χ0v) is 14.0. The summed E-state index contributed by atoms with van der Waals surface area (Å²) in [5.41, 5.74) is 2.72. The molecule has 4 heteroatoms. The van der Waals surface area contributed by atoms with E-state index in [1.54, 1.807) is 18.2 Å². The summed E-state index contributed by atoms with van der Waals surface area (Å²) in [4.78, 5) is 16.7. The number of rotatable bonds is 2. The Labute approximate surface area is 141 Å². The minimum absolute atomic E-state index is 0.0280. The maximum Gasteiger partial charge on any atom is 0.255 e. The Bertz CT molecular complexity index is 894. The molecule has 0 spiro atoms. The number of hydrogen-bond acceptors (Lipinski definition) is 3. The van der Waals surface area contributed by atoms with Crippen molar-refractivity contribution in [3.8, 4) is 5.75 Å². The SMILES string of the molecule is CC(C)(C)c1ccc(C(=O)Nc2cnc3ccccc3c2O)cc1. The van der Waals surface area contributed by atoms with Crippen LogP contribution in [0.4, 0.5) is 5.69 Å². The van der Waals surface area contributed by atoms with E-state index in [0.717, 1.165) is 5.56 Å². The number of aromatic hydroxyl groups is 1. The van der Waals surface area contributed by atoms with Crippen LogP contribution in [0, 0.1) is 0 Å². The Hall–Kier alpha value is -2.88. The lowest BCUT2D eigenvalue weighted by Gasteiger charge is -2.19. The second kappa shape index (κ2) is 5.96. The molecule has 1 aromatic heterocycles. The first kappa shape index (κ1) is 16.0. The number of pyridine rings is 1. The van der Waals surface area contributed by atoms with E-state index in [-0.39, 0.29) is 17.1 Å². The van der Waals surface area contributed by atoms with E-state index in [1.807, 2.05) is 30.3 Å². The molecule has 2 aromatic carbocycles. The van der Waals surface area contributed by atoms with Crippen LogP contribution in [0.1, 0.15) is 36.7 Å². The lowest BCUT2D eigenvalue weighted by atomic mass is 9.87. The zero-order chi connectivity index (χ0) is 17.3. The highest BCUT2D eigenvalue weighted by atomic mass is 16.3. The van der Waals surface area contributed by atoms with Gasteiger partial charge in [-0.3, -0.25) is 9.78 Å². The second-order valence-corrected chi connectivity index (χ2v) is 6.82. The third-order valence-corrected chi connectivity index (χ3v) is 4.01. The van der Waals surface area contributed by atoms with Crippen molar-refractivity contribution in [1.29, 1.82) is 0 Å². The molecular weight excluding hydrogens is 300 g/mol. The highest BCUT2D eigenvalue weighted by molar-refractivity contribution is 6.06. The molecule has 24 heavy (non-hydrogen) atoms. The van der Waals surface area contributed by atoms with Crippen LogP contribution in [0.2, 0.25) is 0 Å². The summed E-state index contributed by atoms with van der Waals surface area (Å²) < 4.78 is 0. The maximum absolute atomic E-state index is 12.4. The lowest BCUT2D eigenvalue weighted by Crippen LogP contribution is -2.14. The average molecular weight is 320 g/mol. The molecule has 3 aromatic rings. The number of nitrogens with one attached hydrogen (secondary N) is 1. The second-order valence-electron chi connectivity index (χ2n) is 6.82. The highest BCUT2D eigenvalue weighted by Crippen LogP contribution is 2.31. The van der Waals surface area contributed by atoms with E-state index in [9.17, 15) is 9.90 Å². The number of amides is 1. The Balaban J connectivity index is 1.86. The summed E-state index contributed by atoms with van der Waals surface area (Å²) in [6.45, 7) is 6.38. The Kier molecular flexibility index (Phi) is 3.97. The van der Waals surface area contributed by atoms with E-state index in [0.29, 0.717) is 22.2 Å². The van der Waals surface area contributed by atoms with Gasteiger partial charge in [0.2, 0.25) is 0 Å². The number of aromatic nitrogens is 1. The molecule has 0 aliphatic heterocycles. The van der Waals surface area contributed by atoms with Gasteiger partial charge in [0.25, 0.3) is 5.91 Å². The number of para-hydroxylation sites is 1. The summed E-state index contributed by atoms with van der Waals surface area (Å²) in [5, 5.41) is 13.7. The Morgan fingerprint density at radius 1 is 1.04 bits per heavy atom. The van der Waals surface area contributed by atoms with Gasteiger partial charge in [0.1, 0.15) is 11.4 Å². The van der Waals surface area contributed by atoms with E-state index < -0.39 is 0 Å². The minimum Gasteiger partial charge on any atom is -0.505 e. The summed E-state index contributed by atoms with van der Waals surface area (Å²) in [6, 6.07) is 14.7. The van der Waals surface area contributed by atoms with Crippen LogP contribution in [-0.2, 0) is 5.41 Å². The maximum atomic E-state index is 12.4. The monoisotopic (exact) mass is 320 g/mol. The van der Waals surface area contributed by atoms with Gasteiger partial charge >= 0.3 is 0 Å². The first-order valence-corrected chi connectivity index (χ1v) is 7.85. The van der Waals surface area contributed by atoms with Crippen molar-refractivity contribution in [2.75, 3.05) is 5.32 Å². The molecular formula is C20H20N2O2. The van der Waals surface area contributed by atoms with Crippen molar-refractivity contribution in [2.24, 2.45) is 0 Å². The van der Waals surface area contributed by atoms with Crippen molar-refractivity contribution in [3.05, 3.63) is 65.9 Å². The Morgan fingerprint density at radius 3 is 2.38 bits per heavy atom. The number of carbonyl (C=O) groups is 1. The third-order valence-electron chi connectivity index (χ3n) is 4.01. The fraction of sp³-hybridized carbons (Fsp3) is 0.200. The minimum atomic E-state index is -0.275. The molecule has 0 aliphatic carbocycles.